The van der Waals surface area contributed by atoms with Crippen LogP contribution in [-0.4, -0.2) is 24.9 Å². The van der Waals surface area contributed by atoms with Crippen LogP contribution in [0.25, 0.3) is 0 Å². The van der Waals surface area contributed by atoms with E-state index in [1.165, 1.54) is 23.4 Å². The van der Waals surface area contributed by atoms with Crippen molar-refractivity contribution in [1.82, 2.24) is 0 Å². The molecular weight excluding hydrogens is 283 g/mol. The number of hydrogen-bond donors (Lipinski definition) is 1. The molecule has 2 nitrogen and oxygen atoms in total. The van der Waals surface area contributed by atoms with Gasteiger partial charge in [-0.15, -0.1) is 11.8 Å². The first kappa shape index (κ1) is 14.4. The van der Waals surface area contributed by atoms with E-state index in [9.17, 15) is 4.39 Å². The fraction of sp³-hybridized carbons (Fsp3) is 0.294. The van der Waals surface area contributed by atoms with Crippen molar-refractivity contribution < 1.29 is 4.39 Å². The Hall–Kier alpha value is -1.52. The monoisotopic (exact) mass is 302 g/mol. The van der Waals surface area contributed by atoms with E-state index in [1.54, 1.807) is 11.8 Å². The van der Waals surface area contributed by atoms with E-state index in [0.717, 1.165) is 30.2 Å². The molecule has 0 fully saturated rings. The molecule has 4 heteroatoms. The Balaban J connectivity index is 1.61. The van der Waals surface area contributed by atoms with Crippen molar-refractivity contribution in [1.29, 1.82) is 0 Å². The lowest BCUT2D eigenvalue weighted by atomic mass is 9.99. The standard InChI is InChI=1S/C17H19FN2S/c18-14-5-7-16(8-6-14)21-10-9-20-12-15(19)11-13-3-1-2-4-17(13)20/h1-8,15H,9-12,19H2. The van der Waals surface area contributed by atoms with Crippen LogP contribution in [-0.2, 0) is 6.42 Å². The molecule has 0 aliphatic carbocycles. The van der Waals surface area contributed by atoms with Gasteiger partial charge >= 0.3 is 0 Å². The Morgan fingerprint density at radius 1 is 1.14 bits per heavy atom. The summed E-state index contributed by atoms with van der Waals surface area (Å²) in [6, 6.07) is 15.4. The Bertz CT molecular complexity index is 600. The van der Waals surface area contributed by atoms with Crippen LogP contribution in [0.15, 0.2) is 53.4 Å². The van der Waals surface area contributed by atoms with Gasteiger partial charge < -0.3 is 10.6 Å². The van der Waals surface area contributed by atoms with E-state index < -0.39 is 0 Å². The Labute approximate surface area is 129 Å². The van der Waals surface area contributed by atoms with Crippen LogP contribution in [0.2, 0.25) is 0 Å². The lowest BCUT2D eigenvalue weighted by Gasteiger charge is -2.34. The van der Waals surface area contributed by atoms with E-state index in [1.807, 2.05) is 12.1 Å². The van der Waals surface area contributed by atoms with Crippen molar-refractivity contribution in [3.8, 4) is 0 Å². The van der Waals surface area contributed by atoms with Gasteiger partial charge in [-0.2, -0.15) is 0 Å². The number of benzene rings is 2. The fourth-order valence-electron chi connectivity index (χ4n) is 2.74. The van der Waals surface area contributed by atoms with Crippen LogP contribution < -0.4 is 10.6 Å². The zero-order valence-electron chi connectivity index (χ0n) is 11.8. The topological polar surface area (TPSA) is 29.3 Å². The van der Waals surface area contributed by atoms with Crippen LogP contribution in [0.1, 0.15) is 5.56 Å². The molecule has 0 bridgehead atoms. The van der Waals surface area contributed by atoms with Crippen molar-refractivity contribution in [2.24, 2.45) is 5.73 Å². The SMILES string of the molecule is NC1Cc2ccccc2N(CCSc2ccc(F)cc2)C1. The van der Waals surface area contributed by atoms with Gasteiger partial charge in [-0.05, 0) is 42.3 Å². The third-order valence-electron chi connectivity index (χ3n) is 3.71. The maximum atomic E-state index is 12.9. The van der Waals surface area contributed by atoms with Crippen LogP contribution in [0.3, 0.4) is 0 Å². The molecule has 1 atom stereocenters. The Morgan fingerprint density at radius 3 is 2.71 bits per heavy atom. The van der Waals surface area contributed by atoms with Crippen molar-refractivity contribution in [2.45, 2.75) is 17.4 Å². The molecule has 0 aromatic heterocycles. The first-order chi connectivity index (χ1) is 10.2. The molecule has 1 unspecified atom stereocenters. The van der Waals surface area contributed by atoms with Gasteiger partial charge in [0.25, 0.3) is 0 Å². The number of halogens is 1. The summed E-state index contributed by atoms with van der Waals surface area (Å²) in [7, 11) is 0. The molecule has 2 aromatic carbocycles. The molecule has 2 aromatic rings. The minimum Gasteiger partial charge on any atom is -0.369 e. The van der Waals surface area contributed by atoms with Crippen LogP contribution in [0, 0.1) is 5.82 Å². The van der Waals surface area contributed by atoms with Gasteiger partial charge in [0.05, 0.1) is 0 Å². The zero-order chi connectivity index (χ0) is 14.7. The van der Waals surface area contributed by atoms with E-state index in [-0.39, 0.29) is 11.9 Å². The van der Waals surface area contributed by atoms with E-state index in [0.29, 0.717) is 0 Å². The van der Waals surface area contributed by atoms with Crippen LogP contribution >= 0.6 is 11.8 Å². The average Bonchev–Trinajstić information content (AvgIpc) is 2.49. The summed E-state index contributed by atoms with van der Waals surface area (Å²) in [6.07, 6.45) is 0.956. The average molecular weight is 302 g/mol. The molecule has 2 N–H and O–H groups in total. The third-order valence-corrected chi connectivity index (χ3v) is 4.71. The van der Waals surface area contributed by atoms with Crippen LogP contribution in [0.5, 0.6) is 0 Å². The minimum absolute atomic E-state index is 0.185. The largest absolute Gasteiger partial charge is 0.369 e. The maximum Gasteiger partial charge on any atom is 0.123 e. The Kier molecular flexibility index (Phi) is 4.46. The van der Waals surface area contributed by atoms with Crippen LogP contribution in [0.4, 0.5) is 10.1 Å². The molecule has 0 saturated heterocycles. The number of nitrogens with zero attached hydrogens (tertiary/aromatic N) is 1. The fourth-order valence-corrected chi connectivity index (χ4v) is 3.61. The summed E-state index contributed by atoms with van der Waals surface area (Å²) in [5.74, 6) is 0.780. The van der Waals surface area contributed by atoms with Crippen molar-refractivity contribution >= 4 is 17.4 Å². The number of para-hydroxylation sites is 1. The predicted molar refractivity (Wildman–Crippen MR) is 87.5 cm³/mol. The Morgan fingerprint density at radius 2 is 1.90 bits per heavy atom. The van der Waals surface area contributed by atoms with E-state index >= 15 is 0 Å². The van der Waals surface area contributed by atoms with Crippen molar-refractivity contribution in [2.75, 3.05) is 23.7 Å². The summed E-state index contributed by atoms with van der Waals surface area (Å²) in [5, 5.41) is 0. The molecule has 3 rings (SSSR count). The van der Waals surface area contributed by atoms with Gasteiger partial charge in [-0.1, -0.05) is 18.2 Å². The van der Waals surface area contributed by atoms with E-state index in [2.05, 4.69) is 29.2 Å². The van der Waals surface area contributed by atoms with Crippen molar-refractivity contribution in [3.63, 3.8) is 0 Å². The molecule has 1 heterocycles. The number of fused-ring (bicyclic) bond motifs is 1. The van der Waals surface area contributed by atoms with Gasteiger partial charge in [0.1, 0.15) is 5.82 Å². The first-order valence-corrected chi connectivity index (χ1v) is 8.18. The number of anilines is 1. The second-order valence-corrected chi connectivity index (χ2v) is 6.51. The second kappa shape index (κ2) is 6.50. The van der Waals surface area contributed by atoms with Crippen molar-refractivity contribution in [3.05, 3.63) is 59.9 Å². The number of rotatable bonds is 4. The summed E-state index contributed by atoms with van der Waals surface area (Å²) in [4.78, 5) is 3.46. The predicted octanol–water partition coefficient (Wildman–Crippen LogP) is 3.31. The maximum absolute atomic E-state index is 12.9. The molecule has 0 saturated carbocycles. The molecule has 0 amide bonds. The summed E-state index contributed by atoms with van der Waals surface area (Å²) < 4.78 is 12.9. The van der Waals surface area contributed by atoms with Gasteiger partial charge in [0, 0.05) is 35.5 Å². The molecule has 1 aliphatic rings. The summed E-state index contributed by atoms with van der Waals surface area (Å²) in [6.45, 7) is 1.85. The van der Waals surface area contributed by atoms with Gasteiger partial charge in [0.2, 0.25) is 0 Å². The minimum atomic E-state index is -0.185. The highest BCUT2D eigenvalue weighted by molar-refractivity contribution is 7.99. The van der Waals surface area contributed by atoms with Gasteiger partial charge in [-0.25, -0.2) is 4.39 Å². The lowest BCUT2D eigenvalue weighted by molar-refractivity contribution is 0.609. The lowest BCUT2D eigenvalue weighted by Crippen LogP contribution is -2.44. The third kappa shape index (κ3) is 3.57. The van der Waals surface area contributed by atoms with Gasteiger partial charge in [-0.3, -0.25) is 0 Å². The summed E-state index contributed by atoms with van der Waals surface area (Å²) >= 11 is 1.75. The normalized spacial score (nSPS) is 17.6. The first-order valence-electron chi connectivity index (χ1n) is 7.19. The molecule has 1 aliphatic heterocycles. The highest BCUT2D eigenvalue weighted by atomic mass is 32.2. The number of nitrogens with two attached hydrogens (primary N) is 1. The second-order valence-electron chi connectivity index (χ2n) is 5.34. The smallest absolute Gasteiger partial charge is 0.123 e. The molecular formula is C17H19FN2S. The molecule has 110 valence electrons. The number of hydrogen-bond acceptors (Lipinski definition) is 3. The number of thioether (sulfide) groups is 1. The molecule has 0 radical (unpaired) electrons. The van der Waals surface area contributed by atoms with Gasteiger partial charge in [0.15, 0.2) is 0 Å². The quantitative estimate of drug-likeness (QED) is 0.879. The highest BCUT2D eigenvalue weighted by Crippen LogP contribution is 2.27. The summed E-state index contributed by atoms with van der Waals surface area (Å²) in [5.41, 5.74) is 8.79. The molecule has 21 heavy (non-hydrogen) atoms. The van der Waals surface area contributed by atoms with E-state index in [4.69, 9.17) is 5.73 Å². The zero-order valence-corrected chi connectivity index (χ0v) is 12.7. The molecule has 0 spiro atoms. The highest BCUT2D eigenvalue weighted by Gasteiger charge is 2.21.